The number of nitrogens with two attached hydrogens (primary N) is 1. The van der Waals surface area contributed by atoms with Gasteiger partial charge in [-0.25, -0.2) is 0 Å². The van der Waals surface area contributed by atoms with Crippen LogP contribution >= 0.6 is 0 Å². The smallest absolute Gasteiger partial charge is 0.160 e. The van der Waals surface area contributed by atoms with Gasteiger partial charge in [0.2, 0.25) is 0 Å². The molecule has 0 atom stereocenters. The normalized spacial score (nSPS) is 12.2. The van der Waals surface area contributed by atoms with E-state index in [2.05, 4.69) is 24.0 Å². The summed E-state index contributed by atoms with van der Waals surface area (Å²) in [4.78, 5) is 0. The van der Waals surface area contributed by atoms with Crippen LogP contribution in [0.1, 0.15) is 32.5 Å². The van der Waals surface area contributed by atoms with Crippen molar-refractivity contribution in [3.05, 3.63) is 30.2 Å². The molecule has 2 rings (SSSR count). The summed E-state index contributed by atoms with van der Waals surface area (Å²) in [5.41, 5.74) is 6.76. The summed E-state index contributed by atoms with van der Waals surface area (Å²) < 4.78 is 2.04. The molecule has 4 nitrogen and oxygen atoms in total. The predicted molar refractivity (Wildman–Crippen MR) is 64.3 cm³/mol. The second-order valence-electron chi connectivity index (χ2n) is 4.14. The molecule has 0 aromatic carbocycles. The van der Waals surface area contributed by atoms with Crippen LogP contribution in [0.15, 0.2) is 24.4 Å². The molecule has 0 fully saturated rings. The molecule has 0 aliphatic carbocycles. The van der Waals surface area contributed by atoms with E-state index < -0.39 is 0 Å². The molecule has 0 radical (unpaired) electrons. The van der Waals surface area contributed by atoms with Gasteiger partial charge in [-0.05, 0) is 25.0 Å². The van der Waals surface area contributed by atoms with Crippen LogP contribution in [0.5, 0.6) is 0 Å². The van der Waals surface area contributed by atoms with E-state index in [4.69, 9.17) is 5.73 Å². The highest BCUT2D eigenvalue weighted by Crippen LogP contribution is 2.29. The van der Waals surface area contributed by atoms with Gasteiger partial charge in [-0.2, -0.15) is 0 Å². The number of hydrogen-bond donors (Lipinski definition) is 1. The Morgan fingerprint density at radius 3 is 2.62 bits per heavy atom. The minimum Gasteiger partial charge on any atom is -0.329 e. The molecule has 86 valence electrons. The Morgan fingerprint density at radius 1 is 1.25 bits per heavy atom. The van der Waals surface area contributed by atoms with Gasteiger partial charge in [0.1, 0.15) is 5.82 Å². The molecule has 0 amide bonds. The molecule has 0 aliphatic rings. The number of aromatic nitrogens is 3. The van der Waals surface area contributed by atoms with Crippen LogP contribution in [0.25, 0.3) is 5.65 Å². The first-order valence-corrected chi connectivity index (χ1v) is 5.77. The molecular weight excluding hydrogens is 200 g/mol. The van der Waals surface area contributed by atoms with Gasteiger partial charge in [0, 0.05) is 18.2 Å². The van der Waals surface area contributed by atoms with Crippen molar-refractivity contribution in [2.75, 3.05) is 6.54 Å². The number of fused-ring (bicyclic) bond motifs is 1. The maximum absolute atomic E-state index is 5.93. The van der Waals surface area contributed by atoms with Gasteiger partial charge >= 0.3 is 0 Å². The standard InChI is InChI=1S/C12H18N4/c1-3-12(4-2,9-13)11-15-14-10-7-5-6-8-16(10)11/h5-8H,3-4,9,13H2,1-2H3. The Labute approximate surface area is 95.5 Å². The van der Waals surface area contributed by atoms with Gasteiger partial charge in [0.15, 0.2) is 5.65 Å². The van der Waals surface area contributed by atoms with Crippen LogP contribution in [0, 0.1) is 0 Å². The van der Waals surface area contributed by atoms with Crippen LogP contribution in [0.3, 0.4) is 0 Å². The molecule has 2 heterocycles. The van der Waals surface area contributed by atoms with Crippen molar-refractivity contribution < 1.29 is 0 Å². The van der Waals surface area contributed by atoms with Gasteiger partial charge in [0.25, 0.3) is 0 Å². The average molecular weight is 218 g/mol. The van der Waals surface area contributed by atoms with Crippen molar-refractivity contribution in [3.63, 3.8) is 0 Å². The molecule has 0 saturated heterocycles. The molecular formula is C12H18N4. The van der Waals surface area contributed by atoms with Crippen LogP contribution in [-0.4, -0.2) is 21.1 Å². The summed E-state index contributed by atoms with van der Waals surface area (Å²) in [5.74, 6) is 0.982. The van der Waals surface area contributed by atoms with Crippen molar-refractivity contribution in [2.24, 2.45) is 5.73 Å². The minimum absolute atomic E-state index is 0.0548. The first-order chi connectivity index (χ1) is 7.77. The van der Waals surface area contributed by atoms with Crippen molar-refractivity contribution in [1.82, 2.24) is 14.6 Å². The van der Waals surface area contributed by atoms with E-state index in [0.29, 0.717) is 6.54 Å². The molecule has 2 N–H and O–H groups in total. The third-order valence-electron chi connectivity index (χ3n) is 3.53. The highest BCUT2D eigenvalue weighted by atomic mass is 15.3. The topological polar surface area (TPSA) is 56.2 Å². The highest BCUT2D eigenvalue weighted by molar-refractivity contribution is 5.38. The zero-order valence-corrected chi connectivity index (χ0v) is 9.85. The van der Waals surface area contributed by atoms with E-state index >= 15 is 0 Å². The summed E-state index contributed by atoms with van der Waals surface area (Å²) in [7, 11) is 0. The van der Waals surface area contributed by atoms with Crippen LogP contribution < -0.4 is 5.73 Å². The summed E-state index contributed by atoms with van der Waals surface area (Å²) >= 11 is 0. The third kappa shape index (κ3) is 1.50. The maximum Gasteiger partial charge on any atom is 0.160 e. The Morgan fingerprint density at radius 2 is 2.00 bits per heavy atom. The van der Waals surface area contributed by atoms with E-state index in [-0.39, 0.29) is 5.41 Å². The average Bonchev–Trinajstić information content (AvgIpc) is 2.77. The lowest BCUT2D eigenvalue weighted by molar-refractivity contribution is 0.379. The van der Waals surface area contributed by atoms with Gasteiger partial charge in [-0.3, -0.25) is 4.40 Å². The predicted octanol–water partition coefficient (Wildman–Crippen LogP) is 1.75. The minimum atomic E-state index is -0.0548. The Kier molecular flexibility index (Phi) is 2.92. The second-order valence-corrected chi connectivity index (χ2v) is 4.14. The van der Waals surface area contributed by atoms with E-state index in [0.717, 1.165) is 24.3 Å². The molecule has 0 saturated carbocycles. The van der Waals surface area contributed by atoms with E-state index in [9.17, 15) is 0 Å². The summed E-state index contributed by atoms with van der Waals surface area (Å²) in [5, 5.41) is 8.50. The fourth-order valence-corrected chi connectivity index (χ4v) is 2.15. The van der Waals surface area contributed by atoms with Crippen molar-refractivity contribution >= 4 is 5.65 Å². The van der Waals surface area contributed by atoms with Gasteiger partial charge in [0.05, 0.1) is 0 Å². The van der Waals surface area contributed by atoms with Gasteiger partial charge < -0.3 is 5.73 Å². The van der Waals surface area contributed by atoms with E-state index in [1.807, 2.05) is 28.8 Å². The molecule has 0 bridgehead atoms. The zero-order valence-electron chi connectivity index (χ0n) is 9.85. The SMILES string of the molecule is CCC(CC)(CN)c1nnc2ccccn12. The fourth-order valence-electron chi connectivity index (χ4n) is 2.15. The second kappa shape index (κ2) is 4.22. The van der Waals surface area contributed by atoms with Crippen LogP contribution in [0.2, 0.25) is 0 Å². The monoisotopic (exact) mass is 218 g/mol. The van der Waals surface area contributed by atoms with Crippen LogP contribution in [0.4, 0.5) is 0 Å². The van der Waals surface area contributed by atoms with Crippen LogP contribution in [-0.2, 0) is 5.41 Å². The van der Waals surface area contributed by atoms with E-state index in [1.54, 1.807) is 0 Å². The summed E-state index contributed by atoms with van der Waals surface area (Å²) in [6.07, 6.45) is 3.96. The quantitative estimate of drug-likeness (QED) is 0.850. The third-order valence-corrected chi connectivity index (χ3v) is 3.53. The molecule has 0 spiro atoms. The van der Waals surface area contributed by atoms with Crippen molar-refractivity contribution in [3.8, 4) is 0 Å². The van der Waals surface area contributed by atoms with Gasteiger partial charge in [-0.15, -0.1) is 10.2 Å². The highest BCUT2D eigenvalue weighted by Gasteiger charge is 2.31. The lowest BCUT2D eigenvalue weighted by Gasteiger charge is -2.27. The van der Waals surface area contributed by atoms with E-state index in [1.165, 1.54) is 0 Å². The lowest BCUT2D eigenvalue weighted by atomic mass is 9.81. The molecule has 2 aromatic rings. The van der Waals surface area contributed by atoms with Crippen molar-refractivity contribution in [1.29, 1.82) is 0 Å². The van der Waals surface area contributed by atoms with Gasteiger partial charge in [-0.1, -0.05) is 19.9 Å². The lowest BCUT2D eigenvalue weighted by Crippen LogP contribution is -2.35. The maximum atomic E-state index is 5.93. The largest absolute Gasteiger partial charge is 0.329 e. The Balaban J connectivity index is 2.61. The fraction of sp³-hybridized carbons (Fsp3) is 0.500. The number of nitrogens with zero attached hydrogens (tertiary/aromatic N) is 3. The molecule has 2 aromatic heterocycles. The Hall–Kier alpha value is -1.42. The Bertz CT molecular complexity index is 462. The number of rotatable bonds is 4. The number of pyridine rings is 1. The molecule has 4 heteroatoms. The first kappa shape index (κ1) is 11.1. The summed E-state index contributed by atoms with van der Waals surface area (Å²) in [6, 6.07) is 5.92. The molecule has 0 unspecified atom stereocenters. The first-order valence-electron chi connectivity index (χ1n) is 5.77. The zero-order chi connectivity index (χ0) is 11.6. The van der Waals surface area contributed by atoms with Crippen molar-refractivity contribution in [2.45, 2.75) is 32.1 Å². The molecule has 16 heavy (non-hydrogen) atoms. The molecule has 0 aliphatic heterocycles. The number of hydrogen-bond acceptors (Lipinski definition) is 3. The summed E-state index contributed by atoms with van der Waals surface area (Å²) in [6.45, 7) is 4.91.